The lowest BCUT2D eigenvalue weighted by atomic mass is 10.2. The Morgan fingerprint density at radius 1 is 1.24 bits per heavy atom. The van der Waals surface area contributed by atoms with E-state index in [1.165, 1.54) is 5.69 Å². The van der Waals surface area contributed by atoms with E-state index in [9.17, 15) is 4.79 Å². The van der Waals surface area contributed by atoms with Crippen molar-refractivity contribution in [3.8, 4) is 0 Å². The number of hydrogen-bond donors (Lipinski definition) is 1. The highest BCUT2D eigenvalue weighted by molar-refractivity contribution is 7.09. The largest absolute Gasteiger partial charge is 0.372 e. The van der Waals surface area contributed by atoms with Gasteiger partial charge in [0.05, 0.1) is 17.1 Å². The lowest BCUT2D eigenvalue weighted by Gasteiger charge is -2.21. The van der Waals surface area contributed by atoms with E-state index in [1.807, 2.05) is 36.6 Å². The molecule has 4 nitrogen and oxygen atoms in total. The first kappa shape index (κ1) is 15.5. The Hall–Kier alpha value is -1.88. The first-order chi connectivity index (χ1) is 10.1. The molecule has 0 radical (unpaired) electrons. The number of carbonyl (C=O) groups is 1. The molecule has 1 N–H and O–H groups in total. The van der Waals surface area contributed by atoms with Gasteiger partial charge in [-0.3, -0.25) is 4.79 Å². The predicted octanol–water partition coefficient (Wildman–Crippen LogP) is 3.48. The number of benzene rings is 1. The van der Waals surface area contributed by atoms with Crippen LogP contribution in [0.2, 0.25) is 0 Å². The molecule has 0 saturated heterocycles. The van der Waals surface area contributed by atoms with Crippen LogP contribution in [0.15, 0.2) is 29.6 Å². The second-order valence-corrected chi connectivity index (χ2v) is 5.86. The van der Waals surface area contributed by atoms with E-state index in [2.05, 4.69) is 29.0 Å². The van der Waals surface area contributed by atoms with Gasteiger partial charge in [0, 0.05) is 29.8 Å². The molecular weight excluding hydrogens is 282 g/mol. The van der Waals surface area contributed by atoms with E-state index in [0.29, 0.717) is 6.42 Å². The molecule has 0 saturated carbocycles. The molecule has 1 aromatic heterocycles. The summed E-state index contributed by atoms with van der Waals surface area (Å²) in [5, 5.41) is 5.83. The zero-order chi connectivity index (χ0) is 15.2. The Balaban J connectivity index is 1.95. The summed E-state index contributed by atoms with van der Waals surface area (Å²) in [6, 6.07) is 7.96. The molecule has 0 aliphatic carbocycles. The van der Waals surface area contributed by atoms with Gasteiger partial charge in [0.1, 0.15) is 0 Å². The van der Waals surface area contributed by atoms with Crippen LogP contribution in [0.4, 0.5) is 11.4 Å². The van der Waals surface area contributed by atoms with Gasteiger partial charge < -0.3 is 10.2 Å². The first-order valence-corrected chi connectivity index (χ1v) is 8.06. The van der Waals surface area contributed by atoms with E-state index in [4.69, 9.17) is 0 Å². The summed E-state index contributed by atoms with van der Waals surface area (Å²) in [7, 11) is 0. The zero-order valence-corrected chi connectivity index (χ0v) is 13.5. The molecule has 2 aromatic rings. The fraction of sp³-hybridized carbons (Fsp3) is 0.375. The minimum Gasteiger partial charge on any atom is -0.372 e. The van der Waals surface area contributed by atoms with Crippen molar-refractivity contribution in [3.05, 3.63) is 40.3 Å². The molecule has 0 fully saturated rings. The van der Waals surface area contributed by atoms with Crippen LogP contribution in [0.25, 0.3) is 0 Å². The van der Waals surface area contributed by atoms with Gasteiger partial charge in [-0.25, -0.2) is 4.98 Å². The van der Waals surface area contributed by atoms with Gasteiger partial charge in [-0.1, -0.05) is 0 Å². The SMILES string of the molecule is CCN(CC)c1ccc(NC(=O)Cc2csc(C)n2)cc1. The normalized spacial score (nSPS) is 10.4. The predicted molar refractivity (Wildman–Crippen MR) is 89.2 cm³/mol. The summed E-state index contributed by atoms with van der Waals surface area (Å²) in [5.74, 6) is -0.0316. The number of amides is 1. The lowest BCUT2D eigenvalue weighted by molar-refractivity contribution is -0.115. The molecule has 0 atom stereocenters. The minimum atomic E-state index is -0.0316. The van der Waals surface area contributed by atoms with Crippen LogP contribution in [-0.4, -0.2) is 24.0 Å². The first-order valence-electron chi connectivity index (χ1n) is 7.18. The summed E-state index contributed by atoms with van der Waals surface area (Å²) >= 11 is 1.57. The van der Waals surface area contributed by atoms with E-state index >= 15 is 0 Å². The van der Waals surface area contributed by atoms with Crippen LogP contribution in [0, 0.1) is 6.92 Å². The number of hydrogen-bond acceptors (Lipinski definition) is 4. The molecule has 21 heavy (non-hydrogen) atoms. The highest BCUT2D eigenvalue weighted by Gasteiger charge is 2.07. The molecule has 0 aliphatic rings. The Labute approximate surface area is 129 Å². The molecule has 112 valence electrons. The summed E-state index contributed by atoms with van der Waals surface area (Å²) in [6.45, 7) is 8.17. The second-order valence-electron chi connectivity index (χ2n) is 4.80. The van der Waals surface area contributed by atoms with Crippen LogP contribution in [0.1, 0.15) is 24.5 Å². The standard InChI is InChI=1S/C16H21N3OS/c1-4-19(5-2)15-8-6-13(7-9-15)18-16(20)10-14-11-21-12(3)17-14/h6-9,11H,4-5,10H2,1-3H3,(H,18,20). The monoisotopic (exact) mass is 303 g/mol. The quantitative estimate of drug-likeness (QED) is 0.888. The number of nitrogens with one attached hydrogen (secondary N) is 1. The van der Waals surface area contributed by atoms with Crippen molar-refractivity contribution in [2.24, 2.45) is 0 Å². The van der Waals surface area contributed by atoms with Gasteiger partial charge in [0.2, 0.25) is 5.91 Å². The van der Waals surface area contributed by atoms with Crippen LogP contribution < -0.4 is 10.2 Å². The lowest BCUT2D eigenvalue weighted by Crippen LogP contribution is -2.21. The Morgan fingerprint density at radius 3 is 2.43 bits per heavy atom. The van der Waals surface area contributed by atoms with Gasteiger partial charge >= 0.3 is 0 Å². The molecule has 0 spiro atoms. The van der Waals surface area contributed by atoms with Crippen LogP contribution in [0.5, 0.6) is 0 Å². The van der Waals surface area contributed by atoms with Crippen molar-refractivity contribution in [1.29, 1.82) is 0 Å². The van der Waals surface area contributed by atoms with Gasteiger partial charge in [0.25, 0.3) is 0 Å². The molecule has 0 aliphatic heterocycles. The maximum atomic E-state index is 12.0. The van der Waals surface area contributed by atoms with Crippen LogP contribution in [-0.2, 0) is 11.2 Å². The Kier molecular flexibility index (Phi) is 5.33. The average molecular weight is 303 g/mol. The number of anilines is 2. The fourth-order valence-corrected chi connectivity index (χ4v) is 2.82. The highest BCUT2D eigenvalue weighted by atomic mass is 32.1. The second kappa shape index (κ2) is 7.22. The fourth-order valence-electron chi connectivity index (χ4n) is 2.20. The third kappa shape index (κ3) is 4.29. The average Bonchev–Trinajstić information content (AvgIpc) is 2.87. The summed E-state index contributed by atoms with van der Waals surface area (Å²) < 4.78 is 0. The highest BCUT2D eigenvalue weighted by Crippen LogP contribution is 2.18. The number of aromatic nitrogens is 1. The van der Waals surface area contributed by atoms with E-state index in [1.54, 1.807) is 11.3 Å². The van der Waals surface area contributed by atoms with Crippen LogP contribution >= 0.6 is 11.3 Å². The van der Waals surface area contributed by atoms with Crippen molar-refractivity contribution >= 4 is 28.6 Å². The van der Waals surface area contributed by atoms with E-state index in [0.717, 1.165) is 29.5 Å². The molecule has 1 heterocycles. The zero-order valence-electron chi connectivity index (χ0n) is 12.7. The molecule has 0 unspecified atom stereocenters. The molecule has 1 amide bonds. The summed E-state index contributed by atoms with van der Waals surface area (Å²) in [4.78, 5) is 18.5. The third-order valence-electron chi connectivity index (χ3n) is 3.29. The molecular formula is C16H21N3OS. The Morgan fingerprint density at radius 2 is 1.90 bits per heavy atom. The van der Waals surface area contributed by atoms with Crippen molar-refractivity contribution < 1.29 is 4.79 Å². The molecule has 0 bridgehead atoms. The van der Waals surface area contributed by atoms with E-state index in [-0.39, 0.29) is 5.91 Å². The number of nitrogens with zero attached hydrogens (tertiary/aromatic N) is 2. The van der Waals surface area contributed by atoms with Crippen molar-refractivity contribution in [2.75, 3.05) is 23.3 Å². The van der Waals surface area contributed by atoms with Gasteiger partial charge in [-0.2, -0.15) is 0 Å². The molecule has 2 rings (SSSR count). The molecule has 1 aromatic carbocycles. The van der Waals surface area contributed by atoms with Gasteiger partial charge in [-0.15, -0.1) is 11.3 Å². The smallest absolute Gasteiger partial charge is 0.230 e. The topological polar surface area (TPSA) is 45.2 Å². The third-order valence-corrected chi connectivity index (χ3v) is 4.11. The van der Waals surface area contributed by atoms with Crippen molar-refractivity contribution in [1.82, 2.24) is 4.98 Å². The molecule has 5 heteroatoms. The van der Waals surface area contributed by atoms with Gasteiger partial charge in [0.15, 0.2) is 0 Å². The number of aryl methyl sites for hydroxylation is 1. The Bertz CT molecular complexity index is 588. The minimum absolute atomic E-state index is 0.0316. The summed E-state index contributed by atoms with van der Waals surface area (Å²) in [6.07, 6.45) is 0.322. The van der Waals surface area contributed by atoms with Crippen LogP contribution in [0.3, 0.4) is 0 Å². The van der Waals surface area contributed by atoms with Gasteiger partial charge in [-0.05, 0) is 45.0 Å². The van der Waals surface area contributed by atoms with Crippen molar-refractivity contribution in [2.45, 2.75) is 27.2 Å². The van der Waals surface area contributed by atoms with Crippen molar-refractivity contribution in [3.63, 3.8) is 0 Å². The number of carbonyl (C=O) groups excluding carboxylic acids is 1. The number of thiazole rings is 1. The maximum Gasteiger partial charge on any atom is 0.230 e. The summed E-state index contributed by atoms with van der Waals surface area (Å²) in [5.41, 5.74) is 2.82. The number of rotatable bonds is 6. The van der Waals surface area contributed by atoms with E-state index < -0.39 is 0 Å². The maximum absolute atomic E-state index is 12.0.